The van der Waals surface area contributed by atoms with Crippen LogP contribution in [0.4, 0.5) is 10.2 Å². The SMILES string of the molecule is O=c1[nH]c2nc(SCc3cccc(Cl)c3F)nc(NCCO)c2s1. The molecule has 0 spiro atoms. The van der Waals surface area contributed by atoms with Gasteiger partial charge in [-0.1, -0.05) is 46.8 Å². The number of benzene rings is 1. The molecule has 126 valence electrons. The molecular formula is C14H12ClFN4O2S2. The Morgan fingerprint density at radius 3 is 3.04 bits per heavy atom. The molecule has 0 aliphatic heterocycles. The van der Waals surface area contributed by atoms with Gasteiger partial charge in [0.1, 0.15) is 10.5 Å². The maximum absolute atomic E-state index is 13.9. The molecule has 0 atom stereocenters. The molecule has 0 aliphatic carbocycles. The third kappa shape index (κ3) is 3.69. The Kier molecular flexibility index (Phi) is 5.34. The first-order chi connectivity index (χ1) is 11.6. The molecule has 0 fully saturated rings. The number of aromatic nitrogens is 3. The van der Waals surface area contributed by atoms with E-state index in [9.17, 15) is 9.18 Å². The summed E-state index contributed by atoms with van der Waals surface area (Å²) in [6, 6.07) is 4.81. The van der Waals surface area contributed by atoms with E-state index in [0.717, 1.165) is 11.3 Å². The molecule has 0 saturated carbocycles. The van der Waals surface area contributed by atoms with Crippen molar-refractivity contribution in [3.05, 3.63) is 44.3 Å². The van der Waals surface area contributed by atoms with Crippen molar-refractivity contribution in [1.82, 2.24) is 15.0 Å². The largest absolute Gasteiger partial charge is 0.395 e. The minimum absolute atomic E-state index is 0.0666. The first-order valence-corrected chi connectivity index (χ1v) is 9.07. The van der Waals surface area contributed by atoms with Gasteiger partial charge in [0.15, 0.2) is 16.6 Å². The number of nitrogens with one attached hydrogen (secondary N) is 2. The molecule has 24 heavy (non-hydrogen) atoms. The Morgan fingerprint density at radius 2 is 2.25 bits per heavy atom. The highest BCUT2D eigenvalue weighted by Crippen LogP contribution is 2.28. The average Bonchev–Trinajstić information content (AvgIpc) is 2.94. The van der Waals surface area contributed by atoms with Crippen LogP contribution in [0.5, 0.6) is 0 Å². The second-order valence-corrected chi connectivity index (χ2v) is 7.03. The molecule has 0 bridgehead atoms. The molecule has 0 radical (unpaired) electrons. The number of thioether (sulfide) groups is 1. The zero-order valence-corrected chi connectivity index (χ0v) is 14.6. The van der Waals surface area contributed by atoms with Crippen LogP contribution < -0.4 is 10.2 Å². The quantitative estimate of drug-likeness (QED) is 0.445. The first-order valence-electron chi connectivity index (χ1n) is 6.89. The number of H-pyrrole nitrogens is 1. The Morgan fingerprint density at radius 1 is 1.42 bits per heavy atom. The fraction of sp³-hybridized carbons (Fsp3) is 0.214. The molecule has 6 nitrogen and oxygen atoms in total. The lowest BCUT2D eigenvalue weighted by molar-refractivity contribution is 0.311. The molecule has 0 amide bonds. The Labute approximate surface area is 149 Å². The monoisotopic (exact) mass is 386 g/mol. The highest BCUT2D eigenvalue weighted by Gasteiger charge is 2.13. The summed E-state index contributed by atoms with van der Waals surface area (Å²) < 4.78 is 14.5. The fourth-order valence-electron chi connectivity index (χ4n) is 1.99. The van der Waals surface area contributed by atoms with E-state index < -0.39 is 5.82 Å². The molecule has 2 heterocycles. The van der Waals surface area contributed by atoms with Crippen molar-refractivity contribution in [3.8, 4) is 0 Å². The molecule has 10 heteroatoms. The molecule has 3 rings (SSSR count). The van der Waals surface area contributed by atoms with Crippen molar-refractivity contribution in [1.29, 1.82) is 0 Å². The second-order valence-electron chi connectivity index (χ2n) is 4.70. The van der Waals surface area contributed by atoms with Gasteiger partial charge in [-0.15, -0.1) is 0 Å². The lowest BCUT2D eigenvalue weighted by atomic mass is 10.2. The number of hydrogen-bond acceptors (Lipinski definition) is 7. The van der Waals surface area contributed by atoms with Crippen LogP contribution in [-0.4, -0.2) is 33.2 Å². The van der Waals surface area contributed by atoms with Crippen LogP contribution in [-0.2, 0) is 5.75 Å². The van der Waals surface area contributed by atoms with Crippen LogP contribution in [0.2, 0.25) is 5.02 Å². The number of nitrogens with zero attached hydrogens (tertiary/aromatic N) is 2. The van der Waals surface area contributed by atoms with Gasteiger partial charge in [0.25, 0.3) is 0 Å². The standard InChI is InChI=1S/C14H12ClFN4O2S2/c15-8-3-1-2-7(9(8)16)6-23-13-18-11(17-4-5-21)10-12(19-13)20-14(22)24-10/h1-3,21H,4-6H2,(H2,17,18,19,20,22). The summed E-state index contributed by atoms with van der Waals surface area (Å²) in [6.45, 7) is 0.228. The van der Waals surface area contributed by atoms with Gasteiger partial charge in [-0.05, 0) is 11.6 Å². The van der Waals surface area contributed by atoms with Crippen LogP contribution in [0.15, 0.2) is 28.2 Å². The topological polar surface area (TPSA) is 90.9 Å². The summed E-state index contributed by atoms with van der Waals surface area (Å²) in [5, 5.41) is 12.4. The molecule has 3 aromatic rings. The average molecular weight is 387 g/mol. The summed E-state index contributed by atoms with van der Waals surface area (Å²) in [4.78, 5) is 22.6. The Balaban J connectivity index is 1.88. The zero-order valence-electron chi connectivity index (χ0n) is 12.2. The predicted octanol–water partition coefficient (Wildman–Crippen LogP) is 2.87. The maximum Gasteiger partial charge on any atom is 0.306 e. The Hall–Kier alpha value is -1.68. The molecule has 0 aliphatic rings. The van der Waals surface area contributed by atoms with E-state index >= 15 is 0 Å². The summed E-state index contributed by atoms with van der Waals surface area (Å²) in [5.74, 6) is 0.299. The van der Waals surface area contributed by atoms with Gasteiger partial charge < -0.3 is 10.4 Å². The third-order valence-electron chi connectivity index (χ3n) is 3.05. The van der Waals surface area contributed by atoms with Crippen LogP contribution in [0, 0.1) is 5.82 Å². The van der Waals surface area contributed by atoms with Crippen molar-refractivity contribution in [2.24, 2.45) is 0 Å². The van der Waals surface area contributed by atoms with Crippen molar-refractivity contribution >= 4 is 50.9 Å². The van der Waals surface area contributed by atoms with Gasteiger partial charge >= 0.3 is 4.87 Å². The lowest BCUT2D eigenvalue weighted by Gasteiger charge is -2.07. The summed E-state index contributed by atoms with van der Waals surface area (Å²) in [6.07, 6.45) is 0. The molecule has 1 aromatic carbocycles. The maximum atomic E-state index is 13.9. The van der Waals surface area contributed by atoms with Crippen molar-refractivity contribution < 1.29 is 9.50 Å². The van der Waals surface area contributed by atoms with E-state index in [0.29, 0.717) is 39.2 Å². The van der Waals surface area contributed by atoms with Gasteiger partial charge in [-0.25, -0.2) is 14.4 Å². The molecular weight excluding hydrogens is 375 g/mol. The van der Waals surface area contributed by atoms with E-state index in [4.69, 9.17) is 16.7 Å². The number of aliphatic hydroxyl groups is 1. The number of fused-ring (bicyclic) bond motifs is 1. The van der Waals surface area contributed by atoms with E-state index in [1.807, 2.05) is 0 Å². The molecule has 0 saturated heterocycles. The van der Waals surface area contributed by atoms with E-state index in [1.54, 1.807) is 12.1 Å². The number of rotatable bonds is 6. The van der Waals surface area contributed by atoms with Crippen LogP contribution >= 0.6 is 34.7 Å². The first kappa shape index (κ1) is 17.2. The fourth-order valence-corrected chi connectivity index (χ4v) is 3.74. The van der Waals surface area contributed by atoms with Gasteiger partial charge in [-0.3, -0.25) is 9.78 Å². The lowest BCUT2D eigenvalue weighted by Crippen LogP contribution is -2.08. The van der Waals surface area contributed by atoms with E-state index in [2.05, 4.69) is 20.3 Å². The summed E-state index contributed by atoms with van der Waals surface area (Å²) in [7, 11) is 0. The van der Waals surface area contributed by atoms with Gasteiger partial charge in [0.2, 0.25) is 0 Å². The number of aromatic amines is 1. The van der Waals surface area contributed by atoms with E-state index in [1.165, 1.54) is 17.8 Å². The summed E-state index contributed by atoms with van der Waals surface area (Å²) in [5.41, 5.74) is 0.856. The minimum Gasteiger partial charge on any atom is -0.395 e. The second kappa shape index (κ2) is 7.47. The normalized spacial score (nSPS) is 11.1. The predicted molar refractivity (Wildman–Crippen MR) is 94.6 cm³/mol. The smallest absolute Gasteiger partial charge is 0.306 e. The number of halogens is 2. The van der Waals surface area contributed by atoms with Gasteiger partial charge in [0, 0.05) is 12.3 Å². The number of anilines is 1. The van der Waals surface area contributed by atoms with Crippen LogP contribution in [0.1, 0.15) is 5.56 Å². The van der Waals surface area contributed by atoms with Gasteiger partial charge in [-0.2, -0.15) is 0 Å². The summed E-state index contributed by atoms with van der Waals surface area (Å²) >= 11 is 7.99. The minimum atomic E-state index is -0.463. The highest BCUT2D eigenvalue weighted by atomic mass is 35.5. The Bertz CT molecular complexity index is 931. The molecule has 0 unspecified atom stereocenters. The zero-order chi connectivity index (χ0) is 17.1. The molecule has 3 N–H and O–H groups in total. The number of thiazole rings is 1. The number of aliphatic hydroxyl groups excluding tert-OH is 1. The van der Waals surface area contributed by atoms with Crippen LogP contribution in [0.25, 0.3) is 10.3 Å². The van der Waals surface area contributed by atoms with E-state index in [-0.39, 0.29) is 16.5 Å². The number of hydrogen-bond donors (Lipinski definition) is 3. The molecule has 2 aromatic heterocycles. The van der Waals surface area contributed by atoms with Crippen molar-refractivity contribution in [3.63, 3.8) is 0 Å². The van der Waals surface area contributed by atoms with Crippen molar-refractivity contribution in [2.75, 3.05) is 18.5 Å². The third-order valence-corrected chi connectivity index (χ3v) is 5.12. The highest BCUT2D eigenvalue weighted by molar-refractivity contribution is 7.98. The van der Waals surface area contributed by atoms with Gasteiger partial charge in [0.05, 0.1) is 11.6 Å². The van der Waals surface area contributed by atoms with Crippen LogP contribution in [0.3, 0.4) is 0 Å². The van der Waals surface area contributed by atoms with Crippen molar-refractivity contribution in [2.45, 2.75) is 10.9 Å².